The highest BCUT2D eigenvalue weighted by atomic mass is 16.2. The third kappa shape index (κ3) is 2.69. The molecular formula is C20H21N7O. The van der Waals surface area contributed by atoms with Gasteiger partial charge in [-0.1, -0.05) is 6.92 Å². The molecule has 8 nitrogen and oxygen atoms in total. The van der Waals surface area contributed by atoms with Crippen molar-refractivity contribution in [1.29, 1.82) is 0 Å². The minimum Gasteiger partial charge on any atom is -0.337 e. The normalized spacial score (nSPS) is 16.9. The van der Waals surface area contributed by atoms with Crippen molar-refractivity contribution in [3.05, 3.63) is 42.2 Å². The summed E-state index contributed by atoms with van der Waals surface area (Å²) in [6.07, 6.45) is 2.79. The highest BCUT2D eigenvalue weighted by molar-refractivity contribution is 6.05. The fourth-order valence-electron chi connectivity index (χ4n) is 3.84. The number of aryl methyl sites for hydroxylation is 1. The lowest BCUT2D eigenvalue weighted by Crippen LogP contribution is -2.29. The third-order valence-corrected chi connectivity index (χ3v) is 5.35. The highest BCUT2D eigenvalue weighted by Crippen LogP contribution is 2.28. The monoisotopic (exact) mass is 375 g/mol. The summed E-state index contributed by atoms with van der Waals surface area (Å²) in [6.45, 7) is 3.78. The van der Waals surface area contributed by atoms with Crippen LogP contribution in [0.5, 0.6) is 0 Å². The number of pyridine rings is 1. The highest BCUT2D eigenvalue weighted by Gasteiger charge is 2.27. The Morgan fingerprint density at radius 1 is 1.32 bits per heavy atom. The second kappa shape index (κ2) is 6.33. The van der Waals surface area contributed by atoms with Crippen molar-refractivity contribution in [3.8, 4) is 0 Å². The standard InChI is InChI=1S/C20H21N7O/c1-12-7-9-27(11-12)20(28)17-14-6-5-13(10-16(14)26(2)25-17)22-19-18-15(23-24-19)4-3-8-21-18/h3-6,8,10,12H,7,9,11H2,1-2H3,(H2,22,23,24)/t12-/m1/s1. The van der Waals surface area contributed by atoms with E-state index in [9.17, 15) is 4.79 Å². The van der Waals surface area contributed by atoms with Crippen molar-refractivity contribution >= 4 is 39.3 Å². The van der Waals surface area contributed by atoms with Crippen molar-refractivity contribution in [1.82, 2.24) is 29.9 Å². The first-order chi connectivity index (χ1) is 13.6. The molecule has 0 saturated carbocycles. The van der Waals surface area contributed by atoms with Gasteiger partial charge in [-0.2, -0.15) is 10.2 Å². The molecule has 142 valence electrons. The molecule has 2 N–H and O–H groups in total. The van der Waals surface area contributed by atoms with Crippen LogP contribution in [0.15, 0.2) is 36.5 Å². The Kier molecular flexibility index (Phi) is 3.78. The maximum atomic E-state index is 12.9. The molecule has 0 unspecified atom stereocenters. The summed E-state index contributed by atoms with van der Waals surface area (Å²) >= 11 is 0. The lowest BCUT2D eigenvalue weighted by atomic mass is 10.1. The van der Waals surface area contributed by atoms with Crippen molar-refractivity contribution in [2.24, 2.45) is 13.0 Å². The molecular weight excluding hydrogens is 354 g/mol. The molecule has 5 rings (SSSR count). The van der Waals surface area contributed by atoms with E-state index in [1.165, 1.54) is 0 Å². The van der Waals surface area contributed by atoms with E-state index in [-0.39, 0.29) is 5.91 Å². The van der Waals surface area contributed by atoms with Crippen LogP contribution >= 0.6 is 0 Å². The Morgan fingerprint density at radius 2 is 2.21 bits per heavy atom. The van der Waals surface area contributed by atoms with Gasteiger partial charge >= 0.3 is 0 Å². The van der Waals surface area contributed by atoms with E-state index < -0.39 is 0 Å². The summed E-state index contributed by atoms with van der Waals surface area (Å²) in [6, 6.07) is 9.67. The van der Waals surface area contributed by atoms with Crippen LogP contribution in [0.4, 0.5) is 11.5 Å². The van der Waals surface area contributed by atoms with E-state index >= 15 is 0 Å². The molecule has 1 amide bonds. The zero-order chi connectivity index (χ0) is 19.3. The van der Waals surface area contributed by atoms with Gasteiger partial charge in [-0.25, -0.2) is 0 Å². The Hall–Kier alpha value is -3.42. The number of hydrogen-bond acceptors (Lipinski definition) is 5. The number of H-pyrrole nitrogens is 1. The average molecular weight is 375 g/mol. The quantitative estimate of drug-likeness (QED) is 0.574. The number of aromatic nitrogens is 5. The van der Waals surface area contributed by atoms with Crippen molar-refractivity contribution < 1.29 is 4.79 Å². The molecule has 0 radical (unpaired) electrons. The van der Waals surface area contributed by atoms with E-state index in [4.69, 9.17) is 0 Å². The molecule has 1 atom stereocenters. The maximum absolute atomic E-state index is 12.9. The number of carbonyl (C=O) groups excluding carboxylic acids is 1. The average Bonchev–Trinajstić information content (AvgIpc) is 3.40. The number of hydrogen-bond donors (Lipinski definition) is 2. The van der Waals surface area contributed by atoms with Gasteiger partial charge in [-0.05, 0) is 42.7 Å². The number of anilines is 2. The largest absolute Gasteiger partial charge is 0.337 e. The van der Waals surface area contributed by atoms with Crippen LogP contribution in [0.2, 0.25) is 0 Å². The first-order valence-electron chi connectivity index (χ1n) is 9.42. The molecule has 4 aromatic rings. The minimum atomic E-state index is 0.0122. The van der Waals surface area contributed by atoms with Gasteiger partial charge in [-0.3, -0.25) is 19.6 Å². The number of rotatable bonds is 3. The lowest BCUT2D eigenvalue weighted by molar-refractivity contribution is 0.0783. The van der Waals surface area contributed by atoms with Crippen LogP contribution in [-0.2, 0) is 7.05 Å². The summed E-state index contributed by atoms with van der Waals surface area (Å²) in [5.74, 6) is 1.23. The van der Waals surface area contributed by atoms with Crippen molar-refractivity contribution in [3.63, 3.8) is 0 Å². The molecule has 1 aliphatic rings. The molecule has 8 heteroatoms. The van der Waals surface area contributed by atoms with Crippen LogP contribution in [0, 0.1) is 5.92 Å². The van der Waals surface area contributed by atoms with Gasteiger partial charge in [0.15, 0.2) is 11.5 Å². The predicted octanol–water partition coefficient (Wildman–Crippen LogP) is 3.07. The number of carbonyl (C=O) groups is 1. The van der Waals surface area contributed by atoms with E-state index in [2.05, 4.69) is 32.5 Å². The second-order valence-electron chi connectivity index (χ2n) is 7.45. The van der Waals surface area contributed by atoms with Crippen molar-refractivity contribution in [2.75, 3.05) is 18.4 Å². The van der Waals surface area contributed by atoms with E-state index in [0.29, 0.717) is 17.4 Å². The number of nitrogens with zero attached hydrogens (tertiary/aromatic N) is 5. The van der Waals surface area contributed by atoms with Gasteiger partial charge in [0.05, 0.1) is 11.0 Å². The summed E-state index contributed by atoms with van der Waals surface area (Å²) in [5.41, 5.74) is 3.94. The van der Waals surface area contributed by atoms with Gasteiger partial charge < -0.3 is 10.2 Å². The second-order valence-corrected chi connectivity index (χ2v) is 7.45. The predicted molar refractivity (Wildman–Crippen MR) is 108 cm³/mol. The molecule has 0 spiro atoms. The minimum absolute atomic E-state index is 0.0122. The fraction of sp³-hybridized carbons (Fsp3) is 0.300. The van der Waals surface area contributed by atoms with Crippen LogP contribution in [-0.4, -0.2) is 48.9 Å². The van der Waals surface area contributed by atoms with Crippen molar-refractivity contribution in [2.45, 2.75) is 13.3 Å². The van der Waals surface area contributed by atoms with Gasteiger partial charge in [0, 0.05) is 37.4 Å². The third-order valence-electron chi connectivity index (χ3n) is 5.35. The summed E-state index contributed by atoms with van der Waals surface area (Å²) in [4.78, 5) is 19.2. The molecule has 0 aliphatic carbocycles. The van der Waals surface area contributed by atoms with E-state index in [1.807, 2.05) is 42.3 Å². The van der Waals surface area contributed by atoms with Gasteiger partial charge in [0.1, 0.15) is 5.52 Å². The Bertz CT molecular complexity index is 1190. The first-order valence-corrected chi connectivity index (χ1v) is 9.42. The Labute approximate surface area is 161 Å². The number of likely N-dealkylation sites (tertiary alicyclic amines) is 1. The first kappa shape index (κ1) is 16.7. The SMILES string of the molecule is C[C@@H]1CCN(C(=O)c2nn(C)c3cc(Nc4n[nH]c5cccnc45)ccc23)C1. The number of fused-ring (bicyclic) bond motifs is 2. The van der Waals surface area contributed by atoms with E-state index in [1.54, 1.807) is 10.9 Å². The smallest absolute Gasteiger partial charge is 0.275 e. The van der Waals surface area contributed by atoms with Gasteiger partial charge in [-0.15, -0.1) is 0 Å². The lowest BCUT2D eigenvalue weighted by Gasteiger charge is -2.14. The van der Waals surface area contributed by atoms with Crippen LogP contribution < -0.4 is 5.32 Å². The van der Waals surface area contributed by atoms with Crippen LogP contribution in [0.3, 0.4) is 0 Å². The summed E-state index contributed by atoms with van der Waals surface area (Å²) in [7, 11) is 1.86. The molecule has 1 aromatic carbocycles. The molecule has 1 saturated heterocycles. The van der Waals surface area contributed by atoms with E-state index in [0.717, 1.165) is 47.1 Å². The van der Waals surface area contributed by atoms with Gasteiger partial charge in [0.25, 0.3) is 5.91 Å². The maximum Gasteiger partial charge on any atom is 0.275 e. The summed E-state index contributed by atoms with van der Waals surface area (Å²) in [5, 5.41) is 16.0. The molecule has 1 aliphatic heterocycles. The number of amides is 1. The number of benzene rings is 1. The van der Waals surface area contributed by atoms with Crippen LogP contribution in [0.25, 0.3) is 21.9 Å². The zero-order valence-electron chi connectivity index (χ0n) is 15.8. The zero-order valence-corrected chi connectivity index (χ0v) is 15.8. The fourth-order valence-corrected chi connectivity index (χ4v) is 3.84. The molecule has 3 aromatic heterocycles. The molecule has 1 fully saturated rings. The molecule has 28 heavy (non-hydrogen) atoms. The van der Waals surface area contributed by atoms with Gasteiger partial charge in [0.2, 0.25) is 0 Å². The molecule has 0 bridgehead atoms. The molecule has 4 heterocycles. The Balaban J connectivity index is 1.48. The number of nitrogens with one attached hydrogen (secondary N) is 2. The van der Waals surface area contributed by atoms with Crippen LogP contribution in [0.1, 0.15) is 23.8 Å². The summed E-state index contributed by atoms with van der Waals surface area (Å²) < 4.78 is 1.76. The Morgan fingerprint density at radius 3 is 3.04 bits per heavy atom. The topological polar surface area (TPSA) is 91.7 Å². The number of aromatic amines is 1.